The minimum atomic E-state index is -0.564. The number of thiazole rings is 1. The van der Waals surface area contributed by atoms with Crippen LogP contribution in [0.3, 0.4) is 0 Å². The summed E-state index contributed by atoms with van der Waals surface area (Å²) < 4.78 is 13.0. The summed E-state index contributed by atoms with van der Waals surface area (Å²) in [5, 5.41) is 10.9. The maximum atomic E-state index is 12.5. The van der Waals surface area contributed by atoms with Gasteiger partial charge in [0.1, 0.15) is 12.3 Å². The minimum absolute atomic E-state index is 0.0709. The summed E-state index contributed by atoms with van der Waals surface area (Å²) in [7, 11) is 0. The van der Waals surface area contributed by atoms with Gasteiger partial charge < -0.3 is 14.0 Å². The average Bonchev–Trinajstić information content (AvgIpc) is 3.09. The van der Waals surface area contributed by atoms with Crippen molar-refractivity contribution in [1.82, 2.24) is 4.57 Å². The summed E-state index contributed by atoms with van der Waals surface area (Å²) in [5.41, 5.74) is 1.15. The van der Waals surface area contributed by atoms with E-state index in [4.69, 9.17) is 9.47 Å². The van der Waals surface area contributed by atoms with Gasteiger partial charge in [-0.05, 0) is 43.7 Å². The molecule has 1 aromatic heterocycles. The molecule has 3 aromatic rings. The molecule has 0 saturated heterocycles. The lowest BCUT2D eigenvalue weighted by atomic mass is 10.2. The molecule has 166 valence electrons. The third-order valence-electron chi connectivity index (χ3n) is 4.26. The molecule has 0 unspecified atom stereocenters. The molecule has 1 amide bonds. The van der Waals surface area contributed by atoms with Crippen LogP contribution in [0.5, 0.6) is 5.75 Å². The highest BCUT2D eigenvalue weighted by Gasteiger charge is 2.13. The Morgan fingerprint density at radius 3 is 2.72 bits per heavy atom. The molecular formula is C22H21N3O6S. The van der Waals surface area contributed by atoms with Gasteiger partial charge in [0.25, 0.3) is 11.6 Å². The first-order valence-corrected chi connectivity index (χ1v) is 10.7. The van der Waals surface area contributed by atoms with E-state index in [-0.39, 0.29) is 18.8 Å². The Bertz CT molecular complexity index is 1260. The predicted molar refractivity (Wildman–Crippen MR) is 120 cm³/mol. The molecule has 32 heavy (non-hydrogen) atoms. The second-order valence-electron chi connectivity index (χ2n) is 6.47. The highest BCUT2D eigenvalue weighted by atomic mass is 32.1. The first-order valence-electron chi connectivity index (χ1n) is 9.84. The van der Waals surface area contributed by atoms with Crippen molar-refractivity contribution in [2.45, 2.75) is 20.4 Å². The van der Waals surface area contributed by atoms with E-state index in [9.17, 15) is 19.7 Å². The number of nitro groups is 1. The van der Waals surface area contributed by atoms with Gasteiger partial charge in [-0.2, -0.15) is 4.99 Å². The summed E-state index contributed by atoms with van der Waals surface area (Å²) in [6.45, 7) is 4.26. The summed E-state index contributed by atoms with van der Waals surface area (Å²) >= 11 is 1.24. The van der Waals surface area contributed by atoms with Gasteiger partial charge in [0.05, 0.1) is 28.4 Å². The number of hydrogen-bond donors (Lipinski definition) is 0. The van der Waals surface area contributed by atoms with Crippen LogP contribution in [-0.4, -0.2) is 34.6 Å². The molecule has 0 radical (unpaired) electrons. The second-order valence-corrected chi connectivity index (χ2v) is 7.48. The number of non-ortho nitro benzene ring substituents is 1. The molecule has 0 aliphatic heterocycles. The Labute approximate surface area is 187 Å². The molecule has 0 atom stereocenters. The van der Waals surface area contributed by atoms with Crippen molar-refractivity contribution in [3.05, 3.63) is 69.0 Å². The molecule has 0 bridgehead atoms. The molecule has 2 aromatic carbocycles. The zero-order valence-corrected chi connectivity index (χ0v) is 18.3. The lowest BCUT2D eigenvalue weighted by Crippen LogP contribution is -2.22. The van der Waals surface area contributed by atoms with Crippen LogP contribution >= 0.6 is 11.3 Å². The van der Waals surface area contributed by atoms with Gasteiger partial charge in [0, 0.05) is 18.2 Å². The van der Waals surface area contributed by atoms with Crippen LogP contribution in [0, 0.1) is 10.1 Å². The normalized spacial score (nSPS) is 11.8. The third kappa shape index (κ3) is 5.67. The van der Waals surface area contributed by atoms with E-state index >= 15 is 0 Å². The molecular weight excluding hydrogens is 434 g/mol. The number of aromatic nitrogens is 1. The van der Waals surface area contributed by atoms with Gasteiger partial charge in [0.2, 0.25) is 0 Å². The zero-order chi connectivity index (χ0) is 23.1. The van der Waals surface area contributed by atoms with Crippen LogP contribution < -0.4 is 9.54 Å². The number of nitrogens with zero attached hydrogens (tertiary/aromatic N) is 3. The number of fused-ring (bicyclic) bond motifs is 1. The number of hydrogen-bond acceptors (Lipinski definition) is 7. The summed E-state index contributed by atoms with van der Waals surface area (Å²) in [6.07, 6.45) is 2.68. The Kier molecular flexibility index (Phi) is 7.50. The van der Waals surface area contributed by atoms with Crippen LogP contribution in [0.15, 0.2) is 53.5 Å². The monoisotopic (exact) mass is 455 g/mol. The number of esters is 1. The fourth-order valence-corrected chi connectivity index (χ4v) is 3.99. The number of rotatable bonds is 8. The quantitative estimate of drug-likeness (QED) is 0.221. The SMILES string of the molecule is CCOC(=O)Cn1c(=NC(=O)/C=C/c2cccc([N+](=O)[O-])c2)sc2cc(OCC)ccc21. The van der Waals surface area contributed by atoms with E-state index in [1.165, 1.54) is 41.7 Å². The summed E-state index contributed by atoms with van der Waals surface area (Å²) in [5.74, 6) is -0.333. The number of carbonyl (C=O) groups is 2. The Morgan fingerprint density at radius 2 is 2.00 bits per heavy atom. The zero-order valence-electron chi connectivity index (χ0n) is 17.5. The van der Waals surface area contributed by atoms with Crippen molar-refractivity contribution in [2.75, 3.05) is 13.2 Å². The Hall–Kier alpha value is -3.79. The first kappa shape index (κ1) is 22.9. The molecule has 0 spiro atoms. The fourth-order valence-electron chi connectivity index (χ4n) is 2.92. The van der Waals surface area contributed by atoms with Crippen molar-refractivity contribution in [2.24, 2.45) is 4.99 Å². The highest BCUT2D eigenvalue weighted by molar-refractivity contribution is 7.16. The van der Waals surface area contributed by atoms with E-state index in [0.717, 1.165) is 10.2 Å². The summed E-state index contributed by atoms with van der Waals surface area (Å²) in [6, 6.07) is 11.3. The molecule has 1 heterocycles. The smallest absolute Gasteiger partial charge is 0.326 e. The Balaban J connectivity index is 1.97. The van der Waals surface area contributed by atoms with Crippen LogP contribution in [0.25, 0.3) is 16.3 Å². The largest absolute Gasteiger partial charge is 0.494 e. The number of benzene rings is 2. The van der Waals surface area contributed by atoms with Crippen molar-refractivity contribution < 1.29 is 24.0 Å². The highest BCUT2D eigenvalue weighted by Crippen LogP contribution is 2.23. The average molecular weight is 455 g/mol. The van der Waals surface area contributed by atoms with Gasteiger partial charge in [-0.1, -0.05) is 23.5 Å². The molecule has 0 aliphatic carbocycles. The maximum absolute atomic E-state index is 12.5. The first-order chi connectivity index (χ1) is 15.4. The fraction of sp³-hybridized carbons (Fsp3) is 0.227. The van der Waals surface area contributed by atoms with Crippen LogP contribution in [0.1, 0.15) is 19.4 Å². The topological polar surface area (TPSA) is 113 Å². The van der Waals surface area contributed by atoms with Gasteiger partial charge in [0.15, 0.2) is 4.80 Å². The number of carbonyl (C=O) groups excluding carboxylic acids is 2. The molecule has 0 saturated carbocycles. The molecule has 0 aliphatic rings. The van der Waals surface area contributed by atoms with Gasteiger partial charge >= 0.3 is 5.97 Å². The lowest BCUT2D eigenvalue weighted by Gasteiger charge is -2.06. The molecule has 10 heteroatoms. The molecule has 0 fully saturated rings. The molecule has 3 rings (SSSR count). The molecule has 9 nitrogen and oxygen atoms in total. The lowest BCUT2D eigenvalue weighted by molar-refractivity contribution is -0.384. The number of nitro benzene ring substituents is 1. The van der Waals surface area contributed by atoms with Crippen molar-refractivity contribution in [3.63, 3.8) is 0 Å². The number of ether oxygens (including phenoxy) is 2. The number of amides is 1. The third-order valence-corrected chi connectivity index (χ3v) is 5.30. The van der Waals surface area contributed by atoms with E-state index in [1.807, 2.05) is 13.0 Å². The van der Waals surface area contributed by atoms with Crippen LogP contribution in [0.2, 0.25) is 0 Å². The van der Waals surface area contributed by atoms with Crippen LogP contribution in [-0.2, 0) is 20.9 Å². The maximum Gasteiger partial charge on any atom is 0.326 e. The van der Waals surface area contributed by atoms with E-state index in [0.29, 0.717) is 22.7 Å². The van der Waals surface area contributed by atoms with Crippen molar-refractivity contribution in [1.29, 1.82) is 0 Å². The van der Waals surface area contributed by atoms with E-state index < -0.39 is 16.8 Å². The Morgan fingerprint density at radius 1 is 1.19 bits per heavy atom. The second kappa shape index (κ2) is 10.5. The van der Waals surface area contributed by atoms with Gasteiger partial charge in [-0.25, -0.2) is 0 Å². The summed E-state index contributed by atoms with van der Waals surface area (Å²) in [4.78, 5) is 39.4. The predicted octanol–water partition coefficient (Wildman–Crippen LogP) is 3.71. The minimum Gasteiger partial charge on any atom is -0.494 e. The standard InChI is InChI=1S/C22H21N3O6S/c1-3-30-17-9-10-18-19(13-17)32-22(24(18)14-21(27)31-4-2)23-20(26)11-8-15-6-5-7-16(12-15)25(28)29/h5-13H,3-4,14H2,1-2H3/b11-8+,23-22?. The van der Waals surface area contributed by atoms with Gasteiger partial charge in [-0.15, -0.1) is 0 Å². The van der Waals surface area contributed by atoms with Crippen molar-refractivity contribution >= 4 is 45.2 Å². The van der Waals surface area contributed by atoms with Crippen LogP contribution in [0.4, 0.5) is 5.69 Å². The van der Waals surface area contributed by atoms with Gasteiger partial charge in [-0.3, -0.25) is 19.7 Å². The van der Waals surface area contributed by atoms with Crippen molar-refractivity contribution in [3.8, 4) is 5.75 Å². The van der Waals surface area contributed by atoms with E-state index in [1.54, 1.807) is 29.7 Å². The molecule has 0 N–H and O–H groups in total. The van der Waals surface area contributed by atoms with E-state index in [2.05, 4.69) is 4.99 Å².